The van der Waals surface area contributed by atoms with E-state index >= 15 is 0 Å². The lowest BCUT2D eigenvalue weighted by Crippen LogP contribution is -2.19. The average Bonchev–Trinajstić information content (AvgIpc) is 2.88. The van der Waals surface area contributed by atoms with Gasteiger partial charge in [-0.05, 0) is 37.8 Å². The molecule has 1 aromatic rings. The minimum absolute atomic E-state index is 0.379. The van der Waals surface area contributed by atoms with Crippen molar-refractivity contribution in [1.29, 1.82) is 0 Å². The van der Waals surface area contributed by atoms with Crippen molar-refractivity contribution < 1.29 is 0 Å². The van der Waals surface area contributed by atoms with E-state index in [1.807, 2.05) is 0 Å². The Morgan fingerprint density at radius 2 is 1.28 bits per heavy atom. The maximum absolute atomic E-state index is 2.43. The van der Waals surface area contributed by atoms with E-state index in [4.69, 9.17) is 0 Å². The highest BCUT2D eigenvalue weighted by Gasteiger charge is 2.29. The Labute approximate surface area is 118 Å². The van der Waals surface area contributed by atoms with Gasteiger partial charge in [-0.2, -0.15) is 0 Å². The van der Waals surface area contributed by atoms with Gasteiger partial charge in [0.2, 0.25) is 0 Å². The first-order valence-electron chi connectivity index (χ1n) is 7.56. The Morgan fingerprint density at radius 3 is 1.67 bits per heavy atom. The molecule has 1 unspecified atom stereocenters. The molecule has 1 heteroatoms. The van der Waals surface area contributed by atoms with Gasteiger partial charge < -0.3 is 0 Å². The van der Waals surface area contributed by atoms with E-state index < -0.39 is 0 Å². The van der Waals surface area contributed by atoms with Gasteiger partial charge in [0.25, 0.3) is 0 Å². The van der Waals surface area contributed by atoms with Gasteiger partial charge in [0.05, 0.1) is 0 Å². The van der Waals surface area contributed by atoms with Gasteiger partial charge in [0.15, 0.2) is 0 Å². The molecule has 1 atom stereocenters. The maximum atomic E-state index is 2.43. The second kappa shape index (κ2) is 6.23. The molecule has 1 heterocycles. The molecule has 0 amide bonds. The van der Waals surface area contributed by atoms with Crippen molar-refractivity contribution in [3.8, 4) is 0 Å². The molecule has 0 saturated carbocycles. The van der Waals surface area contributed by atoms with E-state index in [1.165, 1.54) is 32.1 Å². The highest BCUT2D eigenvalue weighted by molar-refractivity contribution is 7.12. The van der Waals surface area contributed by atoms with Crippen LogP contribution in [0.5, 0.6) is 0 Å². The summed E-state index contributed by atoms with van der Waals surface area (Å²) in [7, 11) is 0. The molecule has 0 aliphatic carbocycles. The second-order valence-electron chi connectivity index (χ2n) is 6.10. The van der Waals surface area contributed by atoms with Crippen LogP contribution in [-0.4, -0.2) is 0 Å². The topological polar surface area (TPSA) is 0 Å². The van der Waals surface area contributed by atoms with Crippen molar-refractivity contribution in [2.24, 2.45) is 0 Å². The van der Waals surface area contributed by atoms with Crippen molar-refractivity contribution in [3.63, 3.8) is 0 Å². The summed E-state index contributed by atoms with van der Waals surface area (Å²) in [6, 6.07) is 4.78. The van der Waals surface area contributed by atoms with E-state index in [0.29, 0.717) is 10.8 Å². The Balaban J connectivity index is 3.05. The van der Waals surface area contributed by atoms with Gasteiger partial charge in [-0.3, -0.25) is 0 Å². The molecule has 0 nitrogen and oxygen atoms in total. The first-order valence-corrected chi connectivity index (χ1v) is 8.38. The third-order valence-electron chi connectivity index (χ3n) is 4.94. The molecule has 1 rings (SSSR count). The summed E-state index contributed by atoms with van der Waals surface area (Å²) in [4.78, 5) is 3.17. The molecule has 0 aromatic carbocycles. The molecule has 0 saturated heterocycles. The maximum Gasteiger partial charge on any atom is 0.0107 e. The quantitative estimate of drug-likeness (QED) is 0.543. The van der Waals surface area contributed by atoms with Gasteiger partial charge in [0.1, 0.15) is 0 Å². The molecule has 0 aliphatic heterocycles. The van der Waals surface area contributed by atoms with E-state index in [2.05, 4.69) is 65.0 Å². The van der Waals surface area contributed by atoms with Crippen molar-refractivity contribution in [3.05, 3.63) is 21.9 Å². The molecule has 1 aromatic heterocycles. The molecule has 0 N–H and O–H groups in total. The lowest BCUT2D eigenvalue weighted by molar-refractivity contribution is 0.422. The van der Waals surface area contributed by atoms with Crippen molar-refractivity contribution >= 4 is 11.3 Å². The fraction of sp³-hybridized carbons (Fsp3) is 0.765. The predicted octanol–water partition coefficient (Wildman–Crippen LogP) is 6.29. The van der Waals surface area contributed by atoms with Crippen LogP contribution in [0.15, 0.2) is 12.1 Å². The van der Waals surface area contributed by atoms with Crippen molar-refractivity contribution in [2.75, 3.05) is 0 Å². The van der Waals surface area contributed by atoms with Crippen LogP contribution in [0.3, 0.4) is 0 Å². The summed E-state index contributed by atoms with van der Waals surface area (Å²) >= 11 is 2.06. The summed E-state index contributed by atoms with van der Waals surface area (Å²) in [5.74, 6) is 0. The average molecular weight is 266 g/mol. The van der Waals surface area contributed by atoms with Crippen LogP contribution >= 0.6 is 11.3 Å². The minimum Gasteiger partial charge on any atom is -0.144 e. The van der Waals surface area contributed by atoms with E-state index in [1.54, 1.807) is 9.75 Å². The van der Waals surface area contributed by atoms with Crippen LogP contribution in [0.2, 0.25) is 0 Å². The van der Waals surface area contributed by atoms with E-state index in [-0.39, 0.29) is 0 Å². The van der Waals surface area contributed by atoms with Gasteiger partial charge >= 0.3 is 0 Å². The Kier molecular flexibility index (Phi) is 5.46. The zero-order chi connectivity index (χ0) is 13.8. The number of hydrogen-bond donors (Lipinski definition) is 0. The summed E-state index contributed by atoms with van der Waals surface area (Å²) in [6.07, 6.45) is 6.30. The third-order valence-corrected chi connectivity index (χ3v) is 6.64. The van der Waals surface area contributed by atoms with Crippen LogP contribution in [0.25, 0.3) is 0 Å². The highest BCUT2D eigenvalue weighted by atomic mass is 32.1. The van der Waals surface area contributed by atoms with Gasteiger partial charge in [-0.1, -0.05) is 48.0 Å². The zero-order valence-corrected chi connectivity index (χ0v) is 13.9. The molecular weight excluding hydrogens is 236 g/mol. The Bertz CT molecular complexity index is 359. The van der Waals surface area contributed by atoms with E-state index in [9.17, 15) is 0 Å². The monoisotopic (exact) mass is 266 g/mol. The van der Waals surface area contributed by atoms with Crippen LogP contribution in [0, 0.1) is 0 Å². The van der Waals surface area contributed by atoms with Crippen molar-refractivity contribution in [1.82, 2.24) is 0 Å². The first-order chi connectivity index (χ1) is 8.45. The molecule has 0 aliphatic rings. The van der Waals surface area contributed by atoms with Crippen LogP contribution in [-0.2, 0) is 10.8 Å². The SMILES string of the molecule is CCCC(C)(CC)c1ccc(C(C)(CC)CC)s1. The largest absolute Gasteiger partial charge is 0.144 e. The van der Waals surface area contributed by atoms with Gasteiger partial charge in [-0.15, -0.1) is 11.3 Å². The fourth-order valence-corrected chi connectivity index (χ4v) is 4.15. The zero-order valence-electron chi connectivity index (χ0n) is 13.1. The number of rotatable bonds is 7. The van der Waals surface area contributed by atoms with Gasteiger partial charge in [-0.25, -0.2) is 0 Å². The van der Waals surface area contributed by atoms with Crippen LogP contribution in [0.1, 0.15) is 83.4 Å². The lowest BCUT2D eigenvalue weighted by Gasteiger charge is -2.28. The number of hydrogen-bond acceptors (Lipinski definition) is 1. The molecule has 0 bridgehead atoms. The summed E-state index contributed by atoms with van der Waals surface area (Å²) in [6.45, 7) is 14.1. The molecule has 18 heavy (non-hydrogen) atoms. The lowest BCUT2D eigenvalue weighted by atomic mass is 9.81. The predicted molar refractivity (Wildman–Crippen MR) is 84.8 cm³/mol. The second-order valence-corrected chi connectivity index (χ2v) is 7.18. The molecule has 104 valence electrons. The number of thiophene rings is 1. The minimum atomic E-state index is 0.379. The highest BCUT2D eigenvalue weighted by Crippen LogP contribution is 2.42. The van der Waals surface area contributed by atoms with Crippen molar-refractivity contribution in [2.45, 2.75) is 84.5 Å². The van der Waals surface area contributed by atoms with E-state index in [0.717, 1.165) is 0 Å². The standard InChI is InChI=1S/C17H30S/c1-7-13-17(6,10-4)15-12-11-14(18-15)16(5,8-2)9-3/h11-12H,7-10,13H2,1-6H3. The smallest absolute Gasteiger partial charge is 0.0107 e. The Hall–Kier alpha value is -0.300. The fourth-order valence-electron chi connectivity index (χ4n) is 2.61. The molecule has 0 fully saturated rings. The first kappa shape index (κ1) is 15.8. The molecule has 0 radical (unpaired) electrons. The molecule has 0 spiro atoms. The van der Waals surface area contributed by atoms with Gasteiger partial charge in [0, 0.05) is 20.6 Å². The summed E-state index contributed by atoms with van der Waals surface area (Å²) in [5.41, 5.74) is 0.768. The van der Waals surface area contributed by atoms with Crippen LogP contribution < -0.4 is 0 Å². The molecular formula is C17H30S. The summed E-state index contributed by atoms with van der Waals surface area (Å²) < 4.78 is 0. The van der Waals surface area contributed by atoms with Crippen LogP contribution in [0.4, 0.5) is 0 Å². The normalized spacial score (nSPS) is 15.7. The third kappa shape index (κ3) is 2.99. The Morgan fingerprint density at radius 1 is 0.833 bits per heavy atom. The summed E-state index contributed by atoms with van der Waals surface area (Å²) in [5, 5.41) is 0.